The molecule has 18 unspecified atom stereocenters. The quantitative estimate of drug-likeness (QED) is 0.0301. The lowest BCUT2D eigenvalue weighted by molar-refractivity contribution is -0.386. The number of aliphatic hydroxyl groups is 11. The number of rotatable bonds is 39. The lowest BCUT2D eigenvalue weighted by Crippen LogP contribution is -2.70. The van der Waals surface area contributed by atoms with Gasteiger partial charge in [0, 0.05) is 19.8 Å². The van der Waals surface area contributed by atoms with E-state index in [4.69, 9.17) is 28.4 Å². The number of carboxylic acid groups (broad SMARTS) is 1. The summed E-state index contributed by atoms with van der Waals surface area (Å²) in [6.07, 6.45) is -0.0513. The van der Waals surface area contributed by atoms with Crippen LogP contribution in [0.2, 0.25) is 0 Å². The Labute approximate surface area is 453 Å². The van der Waals surface area contributed by atoms with Gasteiger partial charge in [0.05, 0.1) is 50.7 Å². The van der Waals surface area contributed by atoms with Crippen LogP contribution in [0.15, 0.2) is 24.3 Å². The molecule has 0 aromatic rings. The second kappa shape index (κ2) is 37.3. The van der Waals surface area contributed by atoms with E-state index < -0.39 is 155 Å². The first kappa shape index (κ1) is 68.5. The van der Waals surface area contributed by atoms with Crippen molar-refractivity contribution < 1.29 is 104 Å². The molecule has 2 amide bonds. The molecule has 77 heavy (non-hydrogen) atoms. The van der Waals surface area contributed by atoms with Crippen LogP contribution in [-0.4, -0.2) is 215 Å². The average molecular weight is 1110 g/mol. The molecule has 0 bridgehead atoms. The number of nitrogens with one attached hydrogen (secondary N) is 2. The number of carbonyl (C=O) groups excluding carboxylic acids is 2. The van der Waals surface area contributed by atoms with E-state index in [-0.39, 0.29) is 12.3 Å². The van der Waals surface area contributed by atoms with Crippen molar-refractivity contribution in [3.63, 3.8) is 0 Å². The van der Waals surface area contributed by atoms with Gasteiger partial charge in [0.15, 0.2) is 12.6 Å². The Bertz CT molecular complexity index is 1700. The molecule has 448 valence electrons. The molecule has 3 saturated heterocycles. The summed E-state index contributed by atoms with van der Waals surface area (Å²) in [4.78, 5) is 38.2. The van der Waals surface area contributed by atoms with E-state index in [1.807, 2.05) is 6.08 Å². The molecular formula is C54H96N2O21. The molecule has 3 rings (SSSR count). The van der Waals surface area contributed by atoms with Crippen molar-refractivity contribution in [2.75, 3.05) is 26.4 Å². The highest BCUT2D eigenvalue weighted by molar-refractivity contribution is 5.77. The average Bonchev–Trinajstić information content (AvgIpc) is 3.40. The number of carbonyl (C=O) groups is 3. The summed E-state index contributed by atoms with van der Waals surface area (Å²) >= 11 is 0. The molecular weight excluding hydrogens is 1010 g/mol. The van der Waals surface area contributed by atoms with Crippen molar-refractivity contribution in [1.82, 2.24) is 10.6 Å². The summed E-state index contributed by atoms with van der Waals surface area (Å²) in [5.74, 6) is -6.16. The van der Waals surface area contributed by atoms with Crippen molar-refractivity contribution in [2.45, 2.75) is 272 Å². The fourth-order valence-electron chi connectivity index (χ4n) is 9.74. The number of allylic oxidation sites excluding steroid dienone is 3. The fraction of sp³-hybridized carbons (Fsp3) is 0.870. The van der Waals surface area contributed by atoms with E-state index in [1.54, 1.807) is 6.08 Å². The smallest absolute Gasteiger partial charge is 0.364 e. The summed E-state index contributed by atoms with van der Waals surface area (Å²) in [5.41, 5.74) is 0. The van der Waals surface area contributed by atoms with Crippen molar-refractivity contribution in [3.05, 3.63) is 24.3 Å². The maximum atomic E-state index is 13.3. The highest BCUT2D eigenvalue weighted by Gasteiger charge is 2.60. The van der Waals surface area contributed by atoms with Gasteiger partial charge in [-0.15, -0.1) is 0 Å². The maximum Gasteiger partial charge on any atom is 0.364 e. The first-order valence-corrected chi connectivity index (χ1v) is 28.2. The van der Waals surface area contributed by atoms with Gasteiger partial charge in [-0.1, -0.05) is 128 Å². The van der Waals surface area contributed by atoms with E-state index in [9.17, 15) is 75.7 Å². The van der Waals surface area contributed by atoms with E-state index in [1.165, 1.54) is 51.4 Å². The van der Waals surface area contributed by atoms with Crippen molar-refractivity contribution >= 4 is 17.8 Å². The van der Waals surface area contributed by atoms with Gasteiger partial charge < -0.3 is 100 Å². The first-order chi connectivity index (χ1) is 36.9. The molecule has 0 aromatic carbocycles. The summed E-state index contributed by atoms with van der Waals surface area (Å²) in [7, 11) is 0. The van der Waals surface area contributed by atoms with Gasteiger partial charge in [-0.05, 0) is 38.5 Å². The topological polar surface area (TPSA) is 373 Å². The Morgan fingerprint density at radius 1 is 0.675 bits per heavy atom. The summed E-state index contributed by atoms with van der Waals surface area (Å²) in [5, 5.41) is 135. The number of unbranched alkanes of at least 4 members (excludes halogenated alkanes) is 17. The Balaban J connectivity index is 1.72. The number of aliphatic carboxylic acids is 1. The maximum absolute atomic E-state index is 13.3. The van der Waals surface area contributed by atoms with Gasteiger partial charge in [0.1, 0.15) is 67.1 Å². The molecule has 18 atom stereocenters. The van der Waals surface area contributed by atoms with Crippen molar-refractivity contribution in [1.29, 1.82) is 0 Å². The number of amides is 2. The standard InChI is InChI=1S/C54H96N2O21/c1-4-6-8-10-12-14-16-17-18-19-21-23-25-27-36(61)35(56-41(64)28-26-24-22-20-15-13-11-9-7-5-2)33-72-51-46(68)45(67)48(40(32-59)74-51)75-52-47(69)50(44(66)39(31-58)73-52)77-54(53(70)71)29-37(62)42(55-34(3)60)49(76-54)43(65)38(63)30-57/h11,13,25,27,35-40,42-52,57-59,61-63,65-69H,4-10,12,14-24,26,28-33H2,1-3H3,(H,55,60)(H,56,64)(H,70,71)/b13-11-,27-25+. The number of hydrogen-bond donors (Lipinski definition) is 14. The molecule has 23 heteroatoms. The van der Waals surface area contributed by atoms with Gasteiger partial charge in [-0.2, -0.15) is 0 Å². The molecule has 3 aliphatic rings. The lowest BCUT2D eigenvalue weighted by Gasteiger charge is -2.50. The normalized spacial score (nSPS) is 31.5. The molecule has 3 aliphatic heterocycles. The highest BCUT2D eigenvalue weighted by Crippen LogP contribution is 2.38. The number of carboxylic acids is 1. The Morgan fingerprint density at radius 2 is 1.23 bits per heavy atom. The van der Waals surface area contributed by atoms with Gasteiger partial charge in [0.2, 0.25) is 11.8 Å². The number of aliphatic hydroxyl groups excluding tert-OH is 11. The van der Waals surface area contributed by atoms with Gasteiger partial charge >= 0.3 is 5.97 Å². The molecule has 0 radical (unpaired) electrons. The highest BCUT2D eigenvalue weighted by atomic mass is 16.8. The van der Waals surface area contributed by atoms with Crippen LogP contribution in [-0.2, 0) is 42.8 Å². The summed E-state index contributed by atoms with van der Waals surface area (Å²) in [6, 6.07) is -2.62. The predicted octanol–water partition coefficient (Wildman–Crippen LogP) is 0.991. The zero-order valence-corrected chi connectivity index (χ0v) is 45.5. The second-order valence-corrected chi connectivity index (χ2v) is 20.8. The third-order valence-corrected chi connectivity index (χ3v) is 14.4. The van der Waals surface area contributed by atoms with Gasteiger partial charge in [0.25, 0.3) is 5.79 Å². The minimum Gasteiger partial charge on any atom is -0.477 e. The predicted molar refractivity (Wildman–Crippen MR) is 278 cm³/mol. The van der Waals surface area contributed by atoms with Gasteiger partial charge in [-0.3, -0.25) is 9.59 Å². The Hall–Kier alpha value is -2.79. The minimum atomic E-state index is -3.08. The molecule has 3 heterocycles. The van der Waals surface area contributed by atoms with Crippen molar-refractivity contribution in [3.8, 4) is 0 Å². The zero-order chi connectivity index (χ0) is 56.9. The molecule has 0 aromatic heterocycles. The lowest BCUT2D eigenvalue weighted by atomic mass is 9.88. The van der Waals surface area contributed by atoms with Crippen LogP contribution in [0.1, 0.15) is 162 Å². The second-order valence-electron chi connectivity index (χ2n) is 20.8. The molecule has 14 N–H and O–H groups in total. The largest absolute Gasteiger partial charge is 0.477 e. The summed E-state index contributed by atoms with van der Waals surface area (Å²) in [6.45, 7) is 2.00. The third-order valence-electron chi connectivity index (χ3n) is 14.4. The summed E-state index contributed by atoms with van der Waals surface area (Å²) < 4.78 is 34.5. The van der Waals surface area contributed by atoms with Crippen LogP contribution in [0.4, 0.5) is 0 Å². The monoisotopic (exact) mass is 1110 g/mol. The molecule has 0 spiro atoms. The Morgan fingerprint density at radius 3 is 1.81 bits per heavy atom. The SMILES string of the molecule is CCCC/C=C\CCCCCCC(=O)NC(COC1OC(CO)C(OC2OC(CO)C(O)C(OC3(C(=O)O)CC(O)C(NC(C)=O)C(C(O)C(O)CO)O3)C2O)C(O)C1O)C(O)/C=C/CCCCCCCCCCCCC. The van der Waals surface area contributed by atoms with E-state index in [0.717, 1.165) is 71.1 Å². The zero-order valence-electron chi connectivity index (χ0n) is 45.5. The van der Waals surface area contributed by atoms with Crippen LogP contribution >= 0.6 is 0 Å². The van der Waals surface area contributed by atoms with Crippen LogP contribution < -0.4 is 10.6 Å². The van der Waals surface area contributed by atoms with Crippen LogP contribution in [0.5, 0.6) is 0 Å². The molecule has 23 nitrogen and oxygen atoms in total. The van der Waals surface area contributed by atoms with Crippen molar-refractivity contribution in [2.24, 2.45) is 0 Å². The molecule has 0 saturated carbocycles. The first-order valence-electron chi connectivity index (χ1n) is 28.2. The van der Waals surface area contributed by atoms with E-state index in [2.05, 4.69) is 36.6 Å². The molecule has 0 aliphatic carbocycles. The van der Waals surface area contributed by atoms with E-state index in [0.29, 0.717) is 12.8 Å². The van der Waals surface area contributed by atoms with E-state index >= 15 is 0 Å². The van der Waals surface area contributed by atoms with Crippen LogP contribution in [0.3, 0.4) is 0 Å². The number of hydrogen-bond acceptors (Lipinski definition) is 20. The molecule has 3 fully saturated rings. The van der Waals surface area contributed by atoms with Gasteiger partial charge in [-0.25, -0.2) is 4.79 Å². The van der Waals surface area contributed by atoms with Crippen LogP contribution in [0.25, 0.3) is 0 Å². The third kappa shape index (κ3) is 22.6. The van der Waals surface area contributed by atoms with Crippen LogP contribution in [0, 0.1) is 0 Å². The fourth-order valence-corrected chi connectivity index (χ4v) is 9.74. The Kier molecular flexibility index (Phi) is 33.1. The number of ether oxygens (including phenoxy) is 6. The minimum absolute atomic E-state index is 0.184.